The first kappa shape index (κ1) is 15.8. The van der Waals surface area contributed by atoms with E-state index in [0.717, 1.165) is 17.1 Å². The molecule has 0 saturated carbocycles. The minimum Gasteiger partial charge on any atom is -0.454 e. The largest absolute Gasteiger partial charge is 0.454 e. The van der Waals surface area contributed by atoms with Crippen molar-refractivity contribution in [2.45, 2.75) is 13.0 Å². The second-order valence-corrected chi connectivity index (χ2v) is 5.88. The highest BCUT2D eigenvalue weighted by atomic mass is 35.5. The average Bonchev–Trinajstić information content (AvgIpc) is 2.98. The first-order chi connectivity index (χ1) is 11.0. The molecule has 3 rings (SSSR count). The Balaban J connectivity index is 1.64. The molecule has 2 aromatic rings. The lowest BCUT2D eigenvalue weighted by Gasteiger charge is -2.18. The van der Waals surface area contributed by atoms with Crippen molar-refractivity contribution in [1.29, 1.82) is 0 Å². The lowest BCUT2D eigenvalue weighted by Crippen LogP contribution is -2.30. The third-order valence-electron chi connectivity index (χ3n) is 3.42. The highest BCUT2D eigenvalue weighted by Crippen LogP contribution is 2.34. The lowest BCUT2D eigenvalue weighted by atomic mass is 10.1. The van der Waals surface area contributed by atoms with E-state index in [4.69, 9.17) is 33.3 Å². The van der Waals surface area contributed by atoms with Crippen molar-refractivity contribution in [3.63, 3.8) is 0 Å². The molecule has 1 heterocycles. The van der Waals surface area contributed by atoms with E-state index in [1.54, 1.807) is 6.07 Å². The number of hydrogen-bond acceptors (Lipinski definition) is 3. The normalized spacial score (nSPS) is 13.5. The van der Waals surface area contributed by atoms with Crippen molar-refractivity contribution in [3.05, 3.63) is 52.8 Å². The van der Waals surface area contributed by atoms with Crippen LogP contribution in [0.25, 0.3) is 0 Å². The molecule has 0 bridgehead atoms. The van der Waals surface area contributed by atoms with Gasteiger partial charge in [-0.15, -0.1) is 0 Å². The maximum Gasteiger partial charge on any atom is 0.231 e. The minimum atomic E-state index is -0.468. The van der Waals surface area contributed by atoms with E-state index >= 15 is 0 Å². The van der Waals surface area contributed by atoms with Gasteiger partial charge in [0.05, 0.1) is 11.1 Å². The molecule has 0 aliphatic carbocycles. The Hall–Kier alpha value is -2.05. The summed E-state index contributed by atoms with van der Waals surface area (Å²) in [7, 11) is 0. The van der Waals surface area contributed by atoms with E-state index < -0.39 is 5.82 Å². The summed E-state index contributed by atoms with van der Waals surface area (Å²) in [6.45, 7) is 2.22. The standard InChI is InChI=1S/C16H14ClFN2O2S/c1-9(10-2-5-14-15(6-10)22-8-21-14)19-16(23)20-11-3-4-13(18)12(17)7-11/h2-7,9H,8H2,1H3,(H2,19,20,23)/t9-/m0/s1. The van der Waals surface area contributed by atoms with Gasteiger partial charge in [-0.05, 0) is 55.0 Å². The molecule has 0 amide bonds. The molecule has 0 fully saturated rings. The van der Waals surface area contributed by atoms with E-state index in [2.05, 4.69) is 10.6 Å². The monoisotopic (exact) mass is 352 g/mol. The van der Waals surface area contributed by atoms with Gasteiger partial charge in [-0.25, -0.2) is 4.39 Å². The van der Waals surface area contributed by atoms with Crippen LogP contribution in [0.2, 0.25) is 5.02 Å². The summed E-state index contributed by atoms with van der Waals surface area (Å²) in [6.07, 6.45) is 0. The topological polar surface area (TPSA) is 42.5 Å². The maximum atomic E-state index is 13.1. The molecule has 0 aromatic heterocycles. The highest BCUT2D eigenvalue weighted by Gasteiger charge is 2.16. The Morgan fingerprint density at radius 2 is 2.00 bits per heavy atom. The van der Waals surface area contributed by atoms with Crippen LogP contribution in [0.15, 0.2) is 36.4 Å². The van der Waals surface area contributed by atoms with Gasteiger partial charge >= 0.3 is 0 Å². The van der Waals surface area contributed by atoms with Gasteiger partial charge in [0, 0.05) is 5.69 Å². The van der Waals surface area contributed by atoms with Gasteiger partial charge in [0.25, 0.3) is 0 Å². The average molecular weight is 353 g/mol. The third kappa shape index (κ3) is 3.65. The number of benzene rings is 2. The zero-order valence-electron chi connectivity index (χ0n) is 12.2. The molecule has 120 valence electrons. The quantitative estimate of drug-likeness (QED) is 0.808. The Morgan fingerprint density at radius 3 is 2.78 bits per heavy atom. The molecule has 23 heavy (non-hydrogen) atoms. The predicted octanol–water partition coefficient (Wildman–Crippen LogP) is 4.26. The fraction of sp³-hybridized carbons (Fsp3) is 0.188. The predicted molar refractivity (Wildman–Crippen MR) is 91.7 cm³/mol. The summed E-state index contributed by atoms with van der Waals surface area (Å²) in [5.74, 6) is 0.993. The number of thiocarbonyl (C=S) groups is 1. The number of ether oxygens (including phenoxy) is 2. The van der Waals surface area contributed by atoms with Crippen LogP contribution in [0.1, 0.15) is 18.5 Å². The molecular weight excluding hydrogens is 339 g/mol. The van der Waals surface area contributed by atoms with Crippen molar-refractivity contribution in [3.8, 4) is 11.5 Å². The Labute approximate surface area is 143 Å². The van der Waals surface area contributed by atoms with E-state index in [0.29, 0.717) is 10.8 Å². The summed E-state index contributed by atoms with van der Waals surface area (Å²) in [5, 5.41) is 6.59. The molecule has 2 N–H and O–H groups in total. The van der Waals surface area contributed by atoms with Crippen LogP contribution < -0.4 is 20.1 Å². The first-order valence-electron chi connectivity index (χ1n) is 6.95. The number of rotatable bonds is 3. The summed E-state index contributed by atoms with van der Waals surface area (Å²) in [6, 6.07) is 10.0. The summed E-state index contributed by atoms with van der Waals surface area (Å²) in [4.78, 5) is 0. The van der Waals surface area contributed by atoms with Gasteiger partial charge in [0.2, 0.25) is 6.79 Å². The fourth-order valence-corrected chi connectivity index (χ4v) is 2.68. The van der Waals surface area contributed by atoms with Gasteiger partial charge in [0.1, 0.15) is 5.82 Å². The van der Waals surface area contributed by atoms with Crippen LogP contribution in [0, 0.1) is 5.82 Å². The number of fused-ring (bicyclic) bond motifs is 1. The van der Waals surface area contributed by atoms with Crippen LogP contribution in [0.4, 0.5) is 10.1 Å². The highest BCUT2D eigenvalue weighted by molar-refractivity contribution is 7.80. The second kappa shape index (κ2) is 6.60. The molecule has 1 aliphatic rings. The van der Waals surface area contributed by atoms with Crippen molar-refractivity contribution in [2.24, 2.45) is 0 Å². The third-order valence-corrected chi connectivity index (χ3v) is 3.93. The molecule has 2 aromatic carbocycles. The van der Waals surface area contributed by atoms with E-state index in [1.807, 2.05) is 25.1 Å². The number of halogens is 2. The van der Waals surface area contributed by atoms with Crippen molar-refractivity contribution >= 4 is 34.6 Å². The molecule has 1 aliphatic heterocycles. The summed E-state index contributed by atoms with van der Waals surface area (Å²) in [5.41, 5.74) is 1.63. The fourth-order valence-electron chi connectivity index (χ4n) is 2.20. The van der Waals surface area contributed by atoms with Gasteiger partial charge in [-0.2, -0.15) is 0 Å². The van der Waals surface area contributed by atoms with Crippen LogP contribution in [-0.4, -0.2) is 11.9 Å². The van der Waals surface area contributed by atoms with Gasteiger partial charge in [0.15, 0.2) is 16.6 Å². The number of nitrogens with one attached hydrogen (secondary N) is 2. The lowest BCUT2D eigenvalue weighted by molar-refractivity contribution is 0.174. The molecule has 0 saturated heterocycles. The zero-order valence-corrected chi connectivity index (χ0v) is 13.8. The summed E-state index contributed by atoms with van der Waals surface area (Å²) >= 11 is 11.0. The summed E-state index contributed by atoms with van der Waals surface area (Å²) < 4.78 is 23.8. The smallest absolute Gasteiger partial charge is 0.231 e. The van der Waals surface area contributed by atoms with Crippen LogP contribution in [0.3, 0.4) is 0 Å². The van der Waals surface area contributed by atoms with E-state index in [-0.39, 0.29) is 17.9 Å². The van der Waals surface area contributed by atoms with E-state index in [1.165, 1.54) is 12.1 Å². The minimum absolute atomic E-state index is 0.0413. The van der Waals surface area contributed by atoms with Crippen LogP contribution in [-0.2, 0) is 0 Å². The molecule has 0 unspecified atom stereocenters. The molecule has 4 nitrogen and oxygen atoms in total. The number of hydrogen-bond donors (Lipinski definition) is 2. The zero-order chi connectivity index (χ0) is 16.4. The van der Waals surface area contributed by atoms with Gasteiger partial charge in [-0.3, -0.25) is 0 Å². The van der Waals surface area contributed by atoms with Crippen molar-refractivity contribution in [2.75, 3.05) is 12.1 Å². The van der Waals surface area contributed by atoms with Gasteiger partial charge < -0.3 is 20.1 Å². The van der Waals surface area contributed by atoms with Crippen molar-refractivity contribution < 1.29 is 13.9 Å². The van der Waals surface area contributed by atoms with Crippen LogP contribution in [0.5, 0.6) is 11.5 Å². The maximum absolute atomic E-state index is 13.1. The second-order valence-electron chi connectivity index (χ2n) is 5.06. The SMILES string of the molecule is C[C@H](NC(=S)Nc1ccc(F)c(Cl)c1)c1ccc2c(c1)OCO2. The van der Waals surface area contributed by atoms with Crippen molar-refractivity contribution in [1.82, 2.24) is 5.32 Å². The molecule has 7 heteroatoms. The molecule has 0 radical (unpaired) electrons. The van der Waals surface area contributed by atoms with Gasteiger partial charge in [-0.1, -0.05) is 17.7 Å². The van der Waals surface area contributed by atoms with Crippen LogP contribution >= 0.6 is 23.8 Å². The Bertz CT molecular complexity index is 757. The first-order valence-corrected chi connectivity index (χ1v) is 7.73. The van der Waals surface area contributed by atoms with E-state index in [9.17, 15) is 4.39 Å². The molecule has 1 atom stereocenters. The Kier molecular flexibility index (Phi) is 4.54. The number of anilines is 1. The Morgan fingerprint density at radius 1 is 1.22 bits per heavy atom. The molecule has 0 spiro atoms. The molecular formula is C16H14ClFN2O2S.